The van der Waals surface area contributed by atoms with Crippen LogP contribution in [0, 0.1) is 0 Å². The Kier molecular flexibility index (Phi) is 9.34. The van der Waals surface area contributed by atoms with Gasteiger partial charge in [0.25, 0.3) is 0 Å². The van der Waals surface area contributed by atoms with Crippen molar-refractivity contribution in [1.82, 2.24) is 10.2 Å². The summed E-state index contributed by atoms with van der Waals surface area (Å²) in [7, 11) is 4.08. The number of nitrogens with one attached hydrogen (secondary N) is 1. The Morgan fingerprint density at radius 2 is 1.88 bits per heavy atom. The Bertz CT molecular complexity index is 589. The molecule has 0 aliphatic carbocycles. The Labute approximate surface area is 167 Å². The summed E-state index contributed by atoms with van der Waals surface area (Å²) in [4.78, 5) is 14.1. The van der Waals surface area contributed by atoms with Crippen LogP contribution >= 0.6 is 23.2 Å². The van der Waals surface area contributed by atoms with Crippen LogP contribution in [-0.2, 0) is 9.53 Å². The number of nitrogens with two attached hydrogens (primary N) is 1. The maximum atomic E-state index is 12.0. The molecule has 0 saturated heterocycles. The van der Waals surface area contributed by atoms with Crippen molar-refractivity contribution in [3.8, 4) is 0 Å². The van der Waals surface area contributed by atoms with Gasteiger partial charge >= 0.3 is 5.97 Å². The fourth-order valence-electron chi connectivity index (χ4n) is 2.44. The SMILES string of the molecule is CN(C)CCC(CNCC(N)C(=O)OC(C)(C)C)c1ccc(Cl)c(Cl)c1. The molecule has 5 nitrogen and oxygen atoms in total. The number of carbonyl (C=O) groups excluding carboxylic acids is 1. The first-order chi connectivity index (χ1) is 12.0. The van der Waals surface area contributed by atoms with Gasteiger partial charge in [-0.2, -0.15) is 0 Å². The molecule has 0 fully saturated rings. The van der Waals surface area contributed by atoms with E-state index in [1.54, 1.807) is 0 Å². The maximum Gasteiger partial charge on any atom is 0.324 e. The van der Waals surface area contributed by atoms with Gasteiger partial charge in [0.05, 0.1) is 10.0 Å². The molecule has 0 aliphatic heterocycles. The average molecular weight is 404 g/mol. The molecule has 2 unspecified atom stereocenters. The molecule has 0 saturated carbocycles. The summed E-state index contributed by atoms with van der Waals surface area (Å²) in [6, 6.07) is 5.01. The topological polar surface area (TPSA) is 67.6 Å². The molecule has 0 aromatic heterocycles. The maximum absolute atomic E-state index is 12.0. The lowest BCUT2D eigenvalue weighted by Gasteiger charge is -2.24. The van der Waals surface area contributed by atoms with Crippen LogP contribution in [0.2, 0.25) is 10.0 Å². The van der Waals surface area contributed by atoms with Crippen molar-refractivity contribution < 1.29 is 9.53 Å². The second-order valence-electron chi connectivity index (χ2n) is 7.76. The number of halogens is 2. The number of esters is 1. The largest absolute Gasteiger partial charge is 0.459 e. The number of rotatable bonds is 9. The van der Waals surface area contributed by atoms with Gasteiger partial charge in [-0.15, -0.1) is 0 Å². The third-order valence-electron chi connectivity index (χ3n) is 3.80. The number of benzene rings is 1. The summed E-state index contributed by atoms with van der Waals surface area (Å²) in [5, 5.41) is 4.38. The van der Waals surface area contributed by atoms with Crippen LogP contribution in [0.15, 0.2) is 18.2 Å². The van der Waals surface area contributed by atoms with Crippen molar-refractivity contribution in [1.29, 1.82) is 0 Å². The summed E-state index contributed by atoms with van der Waals surface area (Å²) in [5.74, 6) is -0.164. The molecule has 148 valence electrons. The molecule has 0 radical (unpaired) electrons. The normalized spacial score (nSPS) is 14.3. The second kappa shape index (κ2) is 10.5. The van der Waals surface area contributed by atoms with Crippen molar-refractivity contribution in [2.75, 3.05) is 33.7 Å². The van der Waals surface area contributed by atoms with Crippen LogP contribution in [0.3, 0.4) is 0 Å². The van der Waals surface area contributed by atoms with Gasteiger partial charge in [-0.25, -0.2) is 0 Å². The number of hydrogen-bond acceptors (Lipinski definition) is 5. The van der Waals surface area contributed by atoms with Crippen molar-refractivity contribution >= 4 is 29.2 Å². The molecule has 7 heteroatoms. The highest BCUT2D eigenvalue weighted by Gasteiger charge is 2.22. The zero-order chi connectivity index (χ0) is 19.9. The van der Waals surface area contributed by atoms with E-state index in [-0.39, 0.29) is 5.92 Å². The Morgan fingerprint density at radius 3 is 2.42 bits per heavy atom. The van der Waals surface area contributed by atoms with Gasteiger partial charge in [0.2, 0.25) is 0 Å². The standard InChI is InChI=1S/C19H31Cl2N3O2/c1-19(2,3)26-18(25)17(22)12-23-11-14(8-9-24(4)5)13-6-7-15(20)16(21)10-13/h6-7,10,14,17,23H,8-9,11-12,22H2,1-5H3. The second-order valence-corrected chi connectivity index (χ2v) is 8.58. The molecule has 3 N–H and O–H groups in total. The molecular weight excluding hydrogens is 373 g/mol. The minimum absolute atomic E-state index is 0.234. The Morgan fingerprint density at radius 1 is 1.23 bits per heavy atom. The van der Waals surface area contributed by atoms with Crippen molar-refractivity contribution in [3.05, 3.63) is 33.8 Å². The fraction of sp³-hybridized carbons (Fsp3) is 0.632. The molecule has 1 aromatic carbocycles. The first kappa shape index (κ1) is 23.2. The Balaban J connectivity index is 2.65. The Hall–Kier alpha value is -0.850. The lowest BCUT2D eigenvalue weighted by molar-refractivity contribution is -0.156. The zero-order valence-corrected chi connectivity index (χ0v) is 17.8. The number of nitrogens with zero attached hydrogens (tertiary/aromatic N) is 1. The molecule has 0 aliphatic rings. The minimum atomic E-state index is -0.697. The van der Waals surface area contributed by atoms with Crippen LogP contribution in [0.25, 0.3) is 0 Å². The van der Waals surface area contributed by atoms with Crippen LogP contribution in [0.4, 0.5) is 0 Å². The minimum Gasteiger partial charge on any atom is -0.459 e. The smallest absolute Gasteiger partial charge is 0.324 e. The first-order valence-electron chi connectivity index (χ1n) is 8.78. The van der Waals surface area contributed by atoms with Crippen LogP contribution in [0.1, 0.15) is 38.7 Å². The van der Waals surface area contributed by atoms with E-state index in [0.717, 1.165) is 18.5 Å². The summed E-state index contributed by atoms with van der Waals surface area (Å²) in [5.41, 5.74) is 6.50. The molecule has 26 heavy (non-hydrogen) atoms. The fourth-order valence-corrected chi connectivity index (χ4v) is 2.75. The van der Waals surface area contributed by atoms with E-state index >= 15 is 0 Å². The molecule has 2 atom stereocenters. The lowest BCUT2D eigenvalue weighted by atomic mass is 9.95. The van der Waals surface area contributed by atoms with E-state index in [2.05, 4.69) is 10.2 Å². The van der Waals surface area contributed by atoms with Crippen LogP contribution in [-0.4, -0.2) is 56.2 Å². The molecule has 0 bridgehead atoms. The highest BCUT2D eigenvalue weighted by molar-refractivity contribution is 6.42. The van der Waals surface area contributed by atoms with Crippen molar-refractivity contribution in [2.45, 2.75) is 44.8 Å². The summed E-state index contributed by atoms with van der Waals surface area (Å²) < 4.78 is 5.31. The van der Waals surface area contributed by atoms with Gasteiger partial charge < -0.3 is 20.7 Å². The summed E-state index contributed by atoms with van der Waals surface area (Å²) in [6.45, 7) is 7.45. The average Bonchev–Trinajstić information content (AvgIpc) is 2.51. The summed E-state index contributed by atoms with van der Waals surface area (Å²) >= 11 is 12.2. The zero-order valence-electron chi connectivity index (χ0n) is 16.3. The van der Waals surface area contributed by atoms with E-state index in [9.17, 15) is 4.79 Å². The third kappa shape index (κ3) is 8.69. The van der Waals surface area contributed by atoms with Crippen molar-refractivity contribution in [2.24, 2.45) is 5.73 Å². The monoisotopic (exact) mass is 403 g/mol. The highest BCUT2D eigenvalue weighted by atomic mass is 35.5. The highest BCUT2D eigenvalue weighted by Crippen LogP contribution is 2.28. The van der Waals surface area contributed by atoms with Gasteiger partial charge in [0.15, 0.2) is 0 Å². The van der Waals surface area contributed by atoms with Gasteiger partial charge in [-0.05, 0) is 71.4 Å². The molecular formula is C19H31Cl2N3O2. The quantitative estimate of drug-likeness (QED) is 0.619. The van der Waals surface area contributed by atoms with Crippen LogP contribution < -0.4 is 11.1 Å². The lowest BCUT2D eigenvalue weighted by Crippen LogP contribution is -2.44. The van der Waals surface area contributed by atoms with Gasteiger partial charge in [-0.1, -0.05) is 29.3 Å². The number of carbonyl (C=O) groups is 1. The predicted molar refractivity (Wildman–Crippen MR) is 109 cm³/mol. The van der Waals surface area contributed by atoms with Gasteiger partial charge in [-0.3, -0.25) is 4.79 Å². The van der Waals surface area contributed by atoms with E-state index in [1.807, 2.05) is 53.1 Å². The predicted octanol–water partition coefficient (Wildman–Crippen LogP) is 3.29. The van der Waals surface area contributed by atoms with Crippen molar-refractivity contribution in [3.63, 3.8) is 0 Å². The van der Waals surface area contributed by atoms with Crippen LogP contribution in [0.5, 0.6) is 0 Å². The number of hydrogen-bond donors (Lipinski definition) is 2. The molecule has 0 spiro atoms. The summed E-state index contributed by atoms with van der Waals surface area (Å²) in [6.07, 6.45) is 0.944. The van der Waals surface area contributed by atoms with Gasteiger partial charge in [0, 0.05) is 13.1 Å². The molecule has 0 amide bonds. The van der Waals surface area contributed by atoms with E-state index < -0.39 is 17.6 Å². The molecule has 1 rings (SSSR count). The molecule has 0 heterocycles. The van der Waals surface area contributed by atoms with E-state index in [1.165, 1.54) is 0 Å². The van der Waals surface area contributed by atoms with Gasteiger partial charge in [0.1, 0.15) is 11.6 Å². The van der Waals surface area contributed by atoms with E-state index in [4.69, 9.17) is 33.7 Å². The van der Waals surface area contributed by atoms with E-state index in [0.29, 0.717) is 23.1 Å². The first-order valence-corrected chi connectivity index (χ1v) is 9.54. The molecule has 1 aromatic rings. The number of ether oxygens (including phenoxy) is 1. The third-order valence-corrected chi connectivity index (χ3v) is 4.54.